The Hall–Kier alpha value is -1.53. The molecule has 2 aromatic heterocycles. The summed E-state index contributed by atoms with van der Waals surface area (Å²) in [5, 5.41) is 1.32. The van der Waals surface area contributed by atoms with Gasteiger partial charge in [0, 0.05) is 25.8 Å². The maximum absolute atomic E-state index is 12.1. The van der Waals surface area contributed by atoms with Crippen molar-refractivity contribution in [3.05, 3.63) is 22.7 Å². The Bertz CT molecular complexity index is 777. The molecule has 0 unspecified atom stereocenters. The van der Waals surface area contributed by atoms with Crippen LogP contribution < -0.4 is 0 Å². The molecule has 0 N–H and O–H groups in total. The second-order valence-corrected chi connectivity index (χ2v) is 8.10. The predicted octanol–water partition coefficient (Wildman–Crippen LogP) is 4.39. The lowest BCUT2D eigenvalue weighted by Crippen LogP contribution is -2.42. The molecule has 0 bridgehead atoms. The van der Waals surface area contributed by atoms with Crippen LogP contribution in [0, 0.1) is 5.92 Å². The lowest BCUT2D eigenvalue weighted by molar-refractivity contribution is 0.0178. The number of carbonyl (C=O) groups excluding carboxylic acids is 1. The fourth-order valence-electron chi connectivity index (χ4n) is 3.05. The third-order valence-electron chi connectivity index (χ3n) is 4.27. The number of likely N-dealkylation sites (tertiary alicyclic amines) is 1. The van der Waals surface area contributed by atoms with Crippen molar-refractivity contribution in [1.82, 2.24) is 19.4 Å². The quantitative estimate of drug-likeness (QED) is 0.569. The Balaban J connectivity index is 1.62. The molecule has 0 saturated carbocycles. The highest BCUT2D eigenvalue weighted by Gasteiger charge is 2.27. The summed E-state index contributed by atoms with van der Waals surface area (Å²) < 4.78 is 7.50. The first-order valence-corrected chi connectivity index (χ1v) is 9.14. The molecular formula is C17H22Cl2N4O2. The summed E-state index contributed by atoms with van der Waals surface area (Å²) in [5.74, 6) is 0.460. The van der Waals surface area contributed by atoms with E-state index in [4.69, 9.17) is 27.9 Å². The van der Waals surface area contributed by atoms with Crippen molar-refractivity contribution in [2.75, 3.05) is 13.1 Å². The molecule has 0 atom stereocenters. The third kappa shape index (κ3) is 4.36. The molecule has 2 aromatic rings. The van der Waals surface area contributed by atoms with E-state index in [9.17, 15) is 4.79 Å². The van der Waals surface area contributed by atoms with Gasteiger partial charge in [-0.05, 0) is 57.2 Å². The van der Waals surface area contributed by atoms with Gasteiger partial charge >= 0.3 is 6.09 Å². The van der Waals surface area contributed by atoms with Crippen molar-refractivity contribution >= 4 is 40.3 Å². The van der Waals surface area contributed by atoms with Crippen molar-refractivity contribution in [2.45, 2.75) is 45.8 Å². The number of rotatable bonds is 2. The molecule has 3 rings (SSSR count). The fraction of sp³-hybridized carbons (Fsp3) is 0.588. The number of nitrogens with zero attached hydrogens (tertiary/aromatic N) is 4. The van der Waals surface area contributed by atoms with E-state index >= 15 is 0 Å². The molecule has 0 aromatic carbocycles. The molecule has 136 valence electrons. The Morgan fingerprint density at radius 1 is 1.28 bits per heavy atom. The highest BCUT2D eigenvalue weighted by Crippen LogP contribution is 2.26. The van der Waals surface area contributed by atoms with Crippen molar-refractivity contribution in [1.29, 1.82) is 0 Å². The highest BCUT2D eigenvalue weighted by molar-refractivity contribution is 6.35. The van der Waals surface area contributed by atoms with Crippen molar-refractivity contribution in [2.24, 2.45) is 5.92 Å². The third-order valence-corrected chi connectivity index (χ3v) is 4.72. The van der Waals surface area contributed by atoms with Crippen LogP contribution in [0.4, 0.5) is 4.79 Å². The van der Waals surface area contributed by atoms with Gasteiger partial charge in [-0.25, -0.2) is 9.78 Å². The van der Waals surface area contributed by atoms with Gasteiger partial charge in [0.15, 0.2) is 0 Å². The van der Waals surface area contributed by atoms with Gasteiger partial charge in [-0.2, -0.15) is 4.98 Å². The van der Waals surface area contributed by atoms with E-state index in [-0.39, 0.29) is 11.4 Å². The van der Waals surface area contributed by atoms with Crippen LogP contribution >= 0.6 is 23.2 Å². The molecule has 8 heteroatoms. The maximum Gasteiger partial charge on any atom is 0.410 e. The minimum atomic E-state index is -0.462. The van der Waals surface area contributed by atoms with Gasteiger partial charge in [0.1, 0.15) is 16.4 Å². The van der Waals surface area contributed by atoms with Gasteiger partial charge in [0.25, 0.3) is 0 Å². The average molecular weight is 385 g/mol. The van der Waals surface area contributed by atoms with E-state index in [1.54, 1.807) is 4.90 Å². The first-order valence-electron chi connectivity index (χ1n) is 8.39. The van der Waals surface area contributed by atoms with Crippen molar-refractivity contribution < 1.29 is 9.53 Å². The van der Waals surface area contributed by atoms with Gasteiger partial charge in [-0.1, -0.05) is 11.6 Å². The molecule has 1 saturated heterocycles. The maximum atomic E-state index is 12.1. The molecule has 1 amide bonds. The SMILES string of the molecule is CC(C)(C)OC(=O)N1CCC(Cn2ccc3c(Cl)nc(Cl)nc32)CC1. The number of hydrogen-bond donors (Lipinski definition) is 0. The molecule has 25 heavy (non-hydrogen) atoms. The zero-order chi connectivity index (χ0) is 18.2. The molecule has 0 radical (unpaired) electrons. The van der Waals surface area contributed by atoms with Crippen LogP contribution in [0.3, 0.4) is 0 Å². The molecule has 1 fully saturated rings. The van der Waals surface area contributed by atoms with E-state index in [2.05, 4.69) is 14.5 Å². The molecule has 1 aliphatic rings. The number of hydrogen-bond acceptors (Lipinski definition) is 4. The van der Waals surface area contributed by atoms with Crippen LogP contribution in [-0.4, -0.2) is 44.2 Å². The lowest BCUT2D eigenvalue weighted by atomic mass is 9.97. The Morgan fingerprint density at radius 2 is 1.96 bits per heavy atom. The Morgan fingerprint density at radius 3 is 2.60 bits per heavy atom. The number of aromatic nitrogens is 3. The van der Waals surface area contributed by atoms with Gasteiger partial charge in [0.05, 0.1) is 5.39 Å². The smallest absolute Gasteiger partial charge is 0.410 e. The normalized spacial score (nSPS) is 16.4. The number of amides is 1. The van der Waals surface area contributed by atoms with E-state index in [1.165, 1.54) is 0 Å². The minimum absolute atomic E-state index is 0.150. The summed E-state index contributed by atoms with van der Waals surface area (Å²) in [6.07, 6.45) is 3.57. The van der Waals surface area contributed by atoms with Crippen LogP contribution in [0.1, 0.15) is 33.6 Å². The number of ether oxygens (including phenoxy) is 1. The van der Waals surface area contributed by atoms with Crippen LogP contribution in [0.25, 0.3) is 11.0 Å². The van der Waals surface area contributed by atoms with E-state index in [1.807, 2.05) is 33.0 Å². The number of fused-ring (bicyclic) bond motifs is 1. The summed E-state index contributed by atoms with van der Waals surface area (Å²) in [4.78, 5) is 22.2. The Kier molecular flexibility index (Phi) is 5.11. The van der Waals surface area contributed by atoms with Crippen molar-refractivity contribution in [3.63, 3.8) is 0 Å². The van der Waals surface area contributed by atoms with E-state index in [0.29, 0.717) is 24.2 Å². The molecule has 1 aliphatic heterocycles. The second-order valence-electron chi connectivity index (χ2n) is 7.40. The zero-order valence-corrected chi connectivity index (χ0v) is 16.1. The summed E-state index contributed by atoms with van der Waals surface area (Å²) in [6.45, 7) is 7.87. The average Bonchev–Trinajstić information content (AvgIpc) is 2.89. The van der Waals surface area contributed by atoms with E-state index < -0.39 is 5.60 Å². The number of halogens is 2. The van der Waals surface area contributed by atoms with Crippen LogP contribution in [0.15, 0.2) is 12.3 Å². The fourth-order valence-corrected chi connectivity index (χ4v) is 3.49. The van der Waals surface area contributed by atoms with Crippen molar-refractivity contribution in [3.8, 4) is 0 Å². The van der Waals surface area contributed by atoms with Crippen LogP contribution in [0.5, 0.6) is 0 Å². The predicted molar refractivity (Wildman–Crippen MR) is 98.1 cm³/mol. The largest absolute Gasteiger partial charge is 0.444 e. The molecule has 0 spiro atoms. The van der Waals surface area contributed by atoms with Gasteiger partial charge in [-0.3, -0.25) is 0 Å². The van der Waals surface area contributed by atoms with Crippen LogP contribution in [-0.2, 0) is 11.3 Å². The summed E-state index contributed by atoms with van der Waals surface area (Å²) in [6, 6.07) is 1.91. The zero-order valence-electron chi connectivity index (χ0n) is 14.6. The molecule has 6 nitrogen and oxygen atoms in total. The van der Waals surface area contributed by atoms with Gasteiger partial charge < -0.3 is 14.2 Å². The monoisotopic (exact) mass is 384 g/mol. The van der Waals surface area contributed by atoms with Gasteiger partial charge in [-0.15, -0.1) is 0 Å². The summed E-state index contributed by atoms with van der Waals surface area (Å²) in [5.41, 5.74) is 0.288. The molecule has 3 heterocycles. The highest BCUT2D eigenvalue weighted by atomic mass is 35.5. The summed E-state index contributed by atoms with van der Waals surface area (Å²) >= 11 is 12.0. The topological polar surface area (TPSA) is 60.2 Å². The van der Waals surface area contributed by atoms with Crippen LogP contribution in [0.2, 0.25) is 10.4 Å². The Labute approximate surface area is 157 Å². The van der Waals surface area contributed by atoms with E-state index in [0.717, 1.165) is 30.4 Å². The minimum Gasteiger partial charge on any atom is -0.444 e. The first kappa shape index (κ1) is 18.3. The first-order chi connectivity index (χ1) is 11.7. The van der Waals surface area contributed by atoms with Gasteiger partial charge in [0.2, 0.25) is 5.28 Å². The summed E-state index contributed by atoms with van der Waals surface area (Å²) in [7, 11) is 0. The lowest BCUT2D eigenvalue weighted by Gasteiger charge is -2.33. The standard InChI is InChI=1S/C17H22Cl2N4O2/c1-17(2,3)25-16(24)22-7-4-11(5-8-22)10-23-9-6-12-13(18)20-15(19)21-14(12)23/h6,9,11H,4-5,7-8,10H2,1-3H3. The number of carbonyl (C=O) groups is 1. The molecule has 0 aliphatic carbocycles. The second kappa shape index (κ2) is 7.00. The molecular weight excluding hydrogens is 363 g/mol. The number of piperidine rings is 1.